The summed E-state index contributed by atoms with van der Waals surface area (Å²) in [4.78, 5) is 28.8. The quantitative estimate of drug-likeness (QED) is 0.701. The highest BCUT2D eigenvalue weighted by atomic mass is 35.5. The van der Waals surface area contributed by atoms with Crippen LogP contribution < -0.4 is 16.4 Å². The number of imidazole rings is 1. The van der Waals surface area contributed by atoms with Crippen molar-refractivity contribution in [1.82, 2.24) is 14.9 Å². The Morgan fingerprint density at radius 2 is 1.93 bits per heavy atom. The third-order valence-electron chi connectivity index (χ3n) is 4.98. The second-order valence-electron chi connectivity index (χ2n) is 7.27. The van der Waals surface area contributed by atoms with Gasteiger partial charge in [-0.1, -0.05) is 38.8 Å². The van der Waals surface area contributed by atoms with Gasteiger partial charge < -0.3 is 15.6 Å². The molecule has 1 fully saturated rings. The molecule has 1 saturated carbocycles. The van der Waals surface area contributed by atoms with Gasteiger partial charge in [0.25, 0.3) is 0 Å². The van der Waals surface area contributed by atoms with Crippen LogP contribution in [0.2, 0.25) is 0 Å². The Morgan fingerprint density at radius 3 is 2.59 bits per heavy atom. The molecule has 3 rings (SSSR count). The van der Waals surface area contributed by atoms with Crippen molar-refractivity contribution in [2.24, 2.45) is 11.7 Å². The Bertz CT molecular complexity index is 798. The van der Waals surface area contributed by atoms with Crippen molar-refractivity contribution < 1.29 is 9.59 Å². The van der Waals surface area contributed by atoms with Crippen LogP contribution in [0, 0.1) is 5.92 Å². The van der Waals surface area contributed by atoms with Gasteiger partial charge in [-0.25, -0.2) is 4.98 Å². The van der Waals surface area contributed by atoms with Crippen molar-refractivity contribution in [3.63, 3.8) is 0 Å². The first-order chi connectivity index (χ1) is 12.5. The number of nitrogens with two attached hydrogens (primary N) is 1. The molecule has 0 spiro atoms. The van der Waals surface area contributed by atoms with E-state index in [4.69, 9.17) is 5.73 Å². The summed E-state index contributed by atoms with van der Waals surface area (Å²) in [6.45, 7) is 3.62. The third kappa shape index (κ3) is 4.78. The molecule has 8 heteroatoms. The van der Waals surface area contributed by atoms with Gasteiger partial charge in [0.2, 0.25) is 17.8 Å². The average Bonchev–Trinajstić information content (AvgIpc) is 3.25. The number of rotatable bonds is 6. The van der Waals surface area contributed by atoms with E-state index >= 15 is 0 Å². The third-order valence-corrected chi connectivity index (χ3v) is 4.98. The summed E-state index contributed by atoms with van der Waals surface area (Å²) < 4.78 is 2.13. The molecule has 1 aromatic carbocycles. The number of para-hydroxylation sites is 2. The molecule has 0 bridgehead atoms. The lowest BCUT2D eigenvalue weighted by Gasteiger charge is -2.17. The van der Waals surface area contributed by atoms with E-state index in [2.05, 4.69) is 20.2 Å². The van der Waals surface area contributed by atoms with E-state index in [0.717, 1.165) is 23.9 Å². The van der Waals surface area contributed by atoms with Gasteiger partial charge >= 0.3 is 0 Å². The maximum Gasteiger partial charge on any atom is 0.246 e. The van der Waals surface area contributed by atoms with Crippen molar-refractivity contribution in [3.8, 4) is 0 Å². The number of amides is 2. The van der Waals surface area contributed by atoms with Crippen molar-refractivity contribution in [2.75, 3.05) is 11.9 Å². The van der Waals surface area contributed by atoms with Crippen LogP contribution >= 0.6 is 12.4 Å². The molecule has 0 radical (unpaired) electrons. The summed E-state index contributed by atoms with van der Waals surface area (Å²) in [5.74, 6) is -0.0570. The minimum Gasteiger partial charge on any atom is -0.346 e. The molecule has 1 aliphatic carbocycles. The number of hydrogen-bond donors (Lipinski definition) is 3. The molecule has 1 aromatic heterocycles. The highest BCUT2D eigenvalue weighted by Gasteiger charge is 2.24. The zero-order chi connectivity index (χ0) is 18.7. The van der Waals surface area contributed by atoms with Crippen LogP contribution in [0.3, 0.4) is 0 Å². The average molecular weight is 394 g/mol. The van der Waals surface area contributed by atoms with Crippen molar-refractivity contribution >= 4 is 41.2 Å². The number of hydrogen-bond acceptors (Lipinski definition) is 4. The smallest absolute Gasteiger partial charge is 0.246 e. The van der Waals surface area contributed by atoms with Crippen molar-refractivity contribution in [3.05, 3.63) is 24.3 Å². The van der Waals surface area contributed by atoms with Crippen molar-refractivity contribution in [1.29, 1.82) is 0 Å². The SMILES string of the molecule is CC(C)[C@H](N)C(=O)NCC(=O)Nc1nc2ccccc2n1C1CCCC1.Cl. The number of nitrogens with zero attached hydrogens (tertiary/aromatic N) is 2. The molecule has 1 atom stereocenters. The Hall–Kier alpha value is -2.12. The number of fused-ring (bicyclic) bond motifs is 1. The van der Waals surface area contributed by atoms with Gasteiger partial charge in [0.15, 0.2) is 0 Å². The first-order valence-corrected chi connectivity index (χ1v) is 9.27. The molecule has 4 N–H and O–H groups in total. The summed E-state index contributed by atoms with van der Waals surface area (Å²) in [5, 5.41) is 5.45. The Morgan fingerprint density at radius 1 is 1.26 bits per heavy atom. The number of anilines is 1. The molecule has 2 amide bonds. The predicted octanol–water partition coefficient (Wildman–Crippen LogP) is 2.61. The van der Waals surface area contributed by atoms with E-state index < -0.39 is 6.04 Å². The number of nitrogens with one attached hydrogen (secondary N) is 2. The zero-order valence-electron chi connectivity index (χ0n) is 15.8. The Kier molecular flexibility index (Phi) is 7.21. The van der Waals surface area contributed by atoms with Gasteiger partial charge in [-0.05, 0) is 30.9 Å². The van der Waals surface area contributed by atoms with E-state index in [0.29, 0.717) is 12.0 Å². The second-order valence-corrected chi connectivity index (χ2v) is 7.27. The highest BCUT2D eigenvalue weighted by Crippen LogP contribution is 2.35. The van der Waals surface area contributed by atoms with Gasteiger partial charge in [-0.3, -0.25) is 14.9 Å². The minimum absolute atomic E-state index is 0. The van der Waals surface area contributed by atoms with E-state index in [1.54, 1.807) is 0 Å². The van der Waals surface area contributed by atoms with Crippen molar-refractivity contribution in [2.45, 2.75) is 51.6 Å². The van der Waals surface area contributed by atoms with Gasteiger partial charge in [0.1, 0.15) is 0 Å². The summed E-state index contributed by atoms with van der Waals surface area (Å²) in [7, 11) is 0. The molecular weight excluding hydrogens is 366 g/mol. The number of carbonyl (C=O) groups is 2. The molecular formula is C19H28ClN5O2. The molecule has 1 aliphatic rings. The fourth-order valence-corrected chi connectivity index (χ4v) is 3.42. The molecule has 0 unspecified atom stereocenters. The van der Waals surface area contributed by atoms with E-state index in [1.165, 1.54) is 12.8 Å². The second kappa shape index (κ2) is 9.19. The van der Waals surface area contributed by atoms with Gasteiger partial charge in [0, 0.05) is 6.04 Å². The van der Waals surface area contributed by atoms with E-state index in [1.807, 2.05) is 38.1 Å². The number of carbonyl (C=O) groups excluding carboxylic acids is 2. The minimum atomic E-state index is -0.620. The molecule has 0 aliphatic heterocycles. The van der Waals surface area contributed by atoms with Gasteiger partial charge in [-0.15, -0.1) is 12.4 Å². The van der Waals surface area contributed by atoms with Crippen LogP contribution in [0.4, 0.5) is 5.95 Å². The first-order valence-electron chi connectivity index (χ1n) is 9.27. The molecule has 27 heavy (non-hydrogen) atoms. The molecule has 1 heterocycles. The molecule has 148 valence electrons. The lowest BCUT2D eigenvalue weighted by atomic mass is 10.1. The Balaban J connectivity index is 0.00000261. The fraction of sp³-hybridized carbons (Fsp3) is 0.526. The normalized spacial score (nSPS) is 15.6. The maximum atomic E-state index is 12.3. The van der Waals surface area contributed by atoms with Crippen LogP contribution in [0.5, 0.6) is 0 Å². The predicted molar refractivity (Wildman–Crippen MR) is 109 cm³/mol. The van der Waals surface area contributed by atoms with E-state index in [9.17, 15) is 9.59 Å². The summed E-state index contributed by atoms with van der Waals surface area (Å²) in [6, 6.07) is 7.62. The lowest BCUT2D eigenvalue weighted by Crippen LogP contribution is -2.46. The maximum absolute atomic E-state index is 12.3. The van der Waals surface area contributed by atoms with Gasteiger partial charge in [-0.2, -0.15) is 0 Å². The Labute approximate surface area is 165 Å². The monoisotopic (exact) mass is 393 g/mol. The standard InChI is InChI=1S/C19H27N5O2.ClH/c1-12(2)17(20)18(26)21-11-16(25)23-19-22-14-9-5-6-10-15(14)24(19)13-7-3-4-8-13;/h5-6,9-10,12-13,17H,3-4,7-8,11,20H2,1-2H3,(H,21,26)(H,22,23,25);1H/t17-;/m0./s1. The summed E-state index contributed by atoms with van der Waals surface area (Å²) >= 11 is 0. The zero-order valence-corrected chi connectivity index (χ0v) is 16.6. The molecule has 0 saturated heterocycles. The highest BCUT2D eigenvalue weighted by molar-refractivity contribution is 5.95. The molecule has 2 aromatic rings. The fourth-order valence-electron chi connectivity index (χ4n) is 3.42. The lowest BCUT2D eigenvalue weighted by molar-refractivity contribution is -0.125. The topological polar surface area (TPSA) is 102 Å². The summed E-state index contributed by atoms with van der Waals surface area (Å²) in [5.41, 5.74) is 7.69. The van der Waals surface area contributed by atoms with Crippen LogP contribution in [0.15, 0.2) is 24.3 Å². The van der Waals surface area contributed by atoms with Crippen LogP contribution in [-0.4, -0.2) is 34.0 Å². The first kappa shape index (κ1) is 21.2. The van der Waals surface area contributed by atoms with Crippen LogP contribution in [-0.2, 0) is 9.59 Å². The van der Waals surface area contributed by atoms with Gasteiger partial charge in [0.05, 0.1) is 23.6 Å². The number of aromatic nitrogens is 2. The van der Waals surface area contributed by atoms with Crippen LogP contribution in [0.1, 0.15) is 45.6 Å². The number of halogens is 1. The van der Waals surface area contributed by atoms with Crippen LogP contribution in [0.25, 0.3) is 11.0 Å². The number of benzene rings is 1. The van der Waals surface area contributed by atoms with E-state index in [-0.39, 0.29) is 36.7 Å². The largest absolute Gasteiger partial charge is 0.346 e. The summed E-state index contributed by atoms with van der Waals surface area (Å²) in [6.07, 6.45) is 4.55. The molecule has 7 nitrogen and oxygen atoms in total.